The van der Waals surface area contributed by atoms with Gasteiger partial charge in [-0.15, -0.1) is 10.2 Å². The summed E-state index contributed by atoms with van der Waals surface area (Å²) in [6, 6.07) is 17.0. The van der Waals surface area contributed by atoms with Gasteiger partial charge in [0.15, 0.2) is 10.7 Å². The average Bonchev–Trinajstić information content (AvgIpc) is 3.36. The molecule has 4 rings (SSSR count). The van der Waals surface area contributed by atoms with E-state index in [-0.39, 0.29) is 12.3 Å². The van der Waals surface area contributed by atoms with Crippen molar-refractivity contribution >= 4 is 28.9 Å². The minimum Gasteiger partial charge on any atom is -0.461 e. The van der Waals surface area contributed by atoms with Gasteiger partial charge in [0.2, 0.25) is 0 Å². The number of para-hydroxylation sites is 1. The van der Waals surface area contributed by atoms with Crippen molar-refractivity contribution in [2.24, 2.45) is 0 Å². The van der Waals surface area contributed by atoms with Crippen molar-refractivity contribution in [3.8, 4) is 27.0 Å². The van der Waals surface area contributed by atoms with Crippen LogP contribution in [-0.2, 0) is 4.74 Å². The molecule has 0 amide bonds. The molecule has 0 atom stereocenters. The van der Waals surface area contributed by atoms with Crippen molar-refractivity contribution in [2.75, 3.05) is 6.61 Å². The van der Waals surface area contributed by atoms with Crippen LogP contribution in [-0.4, -0.2) is 32.6 Å². The van der Waals surface area contributed by atoms with Gasteiger partial charge in [0, 0.05) is 11.6 Å². The van der Waals surface area contributed by atoms with Crippen molar-refractivity contribution in [3.63, 3.8) is 0 Å². The molecule has 0 bridgehead atoms. The number of hydrogen-bond donors (Lipinski definition) is 0. The number of carbonyl (C=O) groups is 1. The summed E-state index contributed by atoms with van der Waals surface area (Å²) in [6.07, 6.45) is 0. The Morgan fingerprint density at radius 3 is 2.66 bits per heavy atom. The molecular weight excluding hydrogens is 408 g/mol. The Morgan fingerprint density at radius 1 is 1.10 bits per heavy atom. The zero-order valence-corrected chi connectivity index (χ0v) is 17.4. The van der Waals surface area contributed by atoms with Gasteiger partial charge in [-0.1, -0.05) is 58.8 Å². The maximum atomic E-state index is 12.3. The highest BCUT2D eigenvalue weighted by Crippen LogP contribution is 2.33. The van der Waals surface area contributed by atoms with Gasteiger partial charge in [0.05, 0.1) is 17.3 Å². The third-order valence-corrected chi connectivity index (χ3v) is 5.50. The Hall–Kier alpha value is -3.03. The number of nitrogens with zero attached hydrogens (tertiary/aromatic N) is 4. The smallest absolute Gasteiger partial charge is 0.358 e. The predicted molar refractivity (Wildman–Crippen MR) is 114 cm³/mol. The minimum atomic E-state index is -0.497. The molecule has 0 N–H and O–H groups in total. The molecule has 0 saturated carbocycles. The molecule has 2 aromatic carbocycles. The summed E-state index contributed by atoms with van der Waals surface area (Å²) in [4.78, 5) is 12.3. The highest BCUT2D eigenvalue weighted by molar-refractivity contribution is 7.17. The van der Waals surface area contributed by atoms with Crippen LogP contribution in [0, 0.1) is 6.92 Å². The Balaban J connectivity index is 1.82. The molecule has 0 radical (unpaired) electrons. The first-order valence-corrected chi connectivity index (χ1v) is 10.2. The van der Waals surface area contributed by atoms with Gasteiger partial charge < -0.3 is 4.74 Å². The highest BCUT2D eigenvalue weighted by Gasteiger charge is 2.21. The van der Waals surface area contributed by atoms with Gasteiger partial charge >= 0.3 is 5.97 Å². The van der Waals surface area contributed by atoms with Crippen LogP contribution in [0.25, 0.3) is 27.0 Å². The van der Waals surface area contributed by atoms with E-state index in [4.69, 9.17) is 16.3 Å². The van der Waals surface area contributed by atoms with Crippen molar-refractivity contribution in [1.82, 2.24) is 20.0 Å². The van der Waals surface area contributed by atoms with E-state index in [1.54, 1.807) is 23.7 Å². The molecule has 0 aliphatic carbocycles. The number of rotatable bonds is 5. The molecular formula is C21H17ClN4O2S. The van der Waals surface area contributed by atoms with E-state index in [1.165, 1.54) is 11.3 Å². The Kier molecular flexibility index (Phi) is 5.42. The summed E-state index contributed by atoms with van der Waals surface area (Å²) in [6.45, 7) is 4.05. The summed E-state index contributed by atoms with van der Waals surface area (Å²) >= 11 is 7.80. The fourth-order valence-corrected chi connectivity index (χ4v) is 3.92. The molecule has 2 heterocycles. The van der Waals surface area contributed by atoms with Crippen LogP contribution in [0.4, 0.5) is 0 Å². The molecule has 0 aliphatic rings. The third-order valence-electron chi connectivity index (χ3n) is 4.18. The molecule has 0 fully saturated rings. The van der Waals surface area contributed by atoms with Gasteiger partial charge in [-0.25, -0.2) is 9.48 Å². The Labute approximate surface area is 176 Å². The topological polar surface area (TPSA) is 69.9 Å². The zero-order valence-electron chi connectivity index (χ0n) is 15.8. The van der Waals surface area contributed by atoms with Crippen LogP contribution in [0.2, 0.25) is 5.02 Å². The quantitative estimate of drug-likeness (QED) is 0.412. The lowest BCUT2D eigenvalue weighted by Gasteiger charge is -2.06. The van der Waals surface area contributed by atoms with Crippen LogP contribution in [0.15, 0.2) is 54.6 Å². The summed E-state index contributed by atoms with van der Waals surface area (Å²) in [7, 11) is 0. The van der Waals surface area contributed by atoms with Crippen LogP contribution in [0.1, 0.15) is 23.0 Å². The molecule has 0 saturated heterocycles. The number of hydrogen-bond acceptors (Lipinski definition) is 6. The van der Waals surface area contributed by atoms with E-state index in [9.17, 15) is 4.79 Å². The third kappa shape index (κ3) is 3.92. The van der Waals surface area contributed by atoms with E-state index < -0.39 is 5.97 Å². The first kappa shape index (κ1) is 19.3. The lowest BCUT2D eigenvalue weighted by Crippen LogP contribution is -2.07. The predicted octanol–water partition coefficient (Wildman–Crippen LogP) is 5.20. The Bertz CT molecular complexity index is 1180. The molecule has 146 valence electrons. The largest absolute Gasteiger partial charge is 0.461 e. The van der Waals surface area contributed by atoms with E-state index in [1.807, 2.05) is 43.3 Å². The maximum absolute atomic E-state index is 12.3. The number of aromatic nitrogens is 4. The molecule has 6 nitrogen and oxygen atoms in total. The number of carbonyl (C=O) groups excluding carboxylic acids is 1. The van der Waals surface area contributed by atoms with E-state index in [0.717, 1.165) is 16.1 Å². The van der Waals surface area contributed by atoms with Gasteiger partial charge in [-0.05, 0) is 32.0 Å². The number of benzene rings is 2. The molecule has 0 unspecified atom stereocenters. The van der Waals surface area contributed by atoms with Crippen molar-refractivity contribution in [1.29, 1.82) is 0 Å². The molecule has 0 spiro atoms. The second kappa shape index (κ2) is 8.14. The molecule has 0 aliphatic heterocycles. The van der Waals surface area contributed by atoms with Crippen LogP contribution in [0.3, 0.4) is 0 Å². The van der Waals surface area contributed by atoms with Gasteiger partial charge in [-0.2, -0.15) is 5.10 Å². The minimum absolute atomic E-state index is 0.189. The zero-order chi connectivity index (χ0) is 20.4. The van der Waals surface area contributed by atoms with Crippen molar-refractivity contribution in [3.05, 3.63) is 70.9 Å². The molecule has 2 aromatic heterocycles. The lowest BCUT2D eigenvalue weighted by molar-refractivity contribution is 0.0519. The second-order valence-electron chi connectivity index (χ2n) is 6.28. The fourth-order valence-electron chi connectivity index (χ4n) is 2.87. The second-order valence-corrected chi connectivity index (χ2v) is 7.67. The van der Waals surface area contributed by atoms with Gasteiger partial charge in [-0.3, -0.25) is 0 Å². The normalized spacial score (nSPS) is 10.9. The molecule has 8 heteroatoms. The van der Waals surface area contributed by atoms with Crippen LogP contribution < -0.4 is 0 Å². The monoisotopic (exact) mass is 424 g/mol. The van der Waals surface area contributed by atoms with E-state index in [0.29, 0.717) is 21.4 Å². The summed E-state index contributed by atoms with van der Waals surface area (Å²) in [5.74, 6) is -0.497. The lowest BCUT2D eigenvalue weighted by atomic mass is 10.1. The molecule has 29 heavy (non-hydrogen) atoms. The fraction of sp³-hybridized carbons (Fsp3) is 0.143. The molecule has 4 aromatic rings. The van der Waals surface area contributed by atoms with Gasteiger partial charge in [0.1, 0.15) is 10.7 Å². The SMILES string of the molecule is CCOC(=O)c1cc(-c2nnc(-c3cccc(C)c3)s2)n(-c2ccccc2Cl)n1. The number of ether oxygens (including phenoxy) is 1. The van der Waals surface area contributed by atoms with E-state index >= 15 is 0 Å². The average molecular weight is 425 g/mol. The first-order valence-electron chi connectivity index (χ1n) is 9.00. The van der Waals surface area contributed by atoms with Crippen LogP contribution >= 0.6 is 22.9 Å². The Morgan fingerprint density at radius 2 is 1.90 bits per heavy atom. The van der Waals surface area contributed by atoms with E-state index in [2.05, 4.69) is 21.4 Å². The number of halogens is 1. The van der Waals surface area contributed by atoms with Crippen LogP contribution in [0.5, 0.6) is 0 Å². The number of esters is 1. The van der Waals surface area contributed by atoms with Crippen molar-refractivity contribution in [2.45, 2.75) is 13.8 Å². The standard InChI is InChI=1S/C21H17ClN4O2S/c1-3-28-21(27)16-12-18(26(25-16)17-10-5-4-9-15(17)22)20-24-23-19(29-20)14-8-6-7-13(2)11-14/h4-12H,3H2,1-2H3. The van der Waals surface area contributed by atoms with Crippen molar-refractivity contribution < 1.29 is 9.53 Å². The number of aryl methyl sites for hydroxylation is 1. The summed E-state index contributed by atoms with van der Waals surface area (Å²) in [5, 5.41) is 15.0. The van der Waals surface area contributed by atoms with Gasteiger partial charge in [0.25, 0.3) is 0 Å². The maximum Gasteiger partial charge on any atom is 0.358 e. The summed E-state index contributed by atoms with van der Waals surface area (Å²) < 4.78 is 6.71. The summed E-state index contributed by atoms with van der Waals surface area (Å²) in [5.41, 5.74) is 3.59. The highest BCUT2D eigenvalue weighted by atomic mass is 35.5. The first-order chi connectivity index (χ1) is 14.1.